The lowest BCUT2D eigenvalue weighted by Crippen LogP contribution is -2.34. The van der Waals surface area contributed by atoms with E-state index in [1.54, 1.807) is 12.1 Å². The number of carbonyl (C=O) groups is 1. The molecule has 0 radical (unpaired) electrons. The Kier molecular flexibility index (Phi) is 4.13. The minimum absolute atomic E-state index is 0.0309. The van der Waals surface area contributed by atoms with Gasteiger partial charge in [0.05, 0.1) is 25.2 Å². The highest BCUT2D eigenvalue weighted by Crippen LogP contribution is 2.21. The maximum Gasteiger partial charge on any atom is 0.453 e. The van der Waals surface area contributed by atoms with Gasteiger partial charge in [0.2, 0.25) is 0 Å². The van der Waals surface area contributed by atoms with E-state index in [-0.39, 0.29) is 11.4 Å². The monoisotopic (exact) mass is 292 g/mol. The van der Waals surface area contributed by atoms with Crippen molar-refractivity contribution in [3.05, 3.63) is 42.4 Å². The first kappa shape index (κ1) is 14.9. The van der Waals surface area contributed by atoms with Gasteiger partial charge in [-0.15, -0.1) is 0 Å². The van der Waals surface area contributed by atoms with Crippen molar-refractivity contribution in [1.82, 2.24) is 9.97 Å². The summed E-state index contributed by atoms with van der Waals surface area (Å²) >= 11 is 0. The molecule has 0 aliphatic rings. The molecule has 0 fully saturated rings. The molecular weight excluding hydrogens is 280 g/mol. The number of aromatic nitrogens is 2. The lowest BCUT2D eigenvalue weighted by Gasteiger charge is -2.15. The van der Waals surface area contributed by atoms with Gasteiger partial charge >= 0.3 is 12.1 Å². The van der Waals surface area contributed by atoms with Crippen LogP contribution in [0.1, 0.15) is 10.5 Å². The fourth-order valence-electron chi connectivity index (χ4n) is 1.56. The summed E-state index contributed by atoms with van der Waals surface area (Å²) in [4.78, 5) is 19.4. The minimum atomic E-state index is -3.24. The first-order valence-corrected chi connectivity index (χ1v) is 5.76. The molecule has 1 aromatic carbocycles. The number of ether oxygens (including phenoxy) is 2. The van der Waals surface area contributed by atoms with Crippen molar-refractivity contribution in [3.63, 3.8) is 0 Å². The van der Waals surface area contributed by atoms with Gasteiger partial charge in [0.25, 0.3) is 0 Å². The number of hydrogen-bond donors (Lipinski definition) is 3. The molecule has 0 saturated heterocycles. The van der Waals surface area contributed by atoms with E-state index >= 15 is 0 Å². The zero-order chi connectivity index (χ0) is 15.5. The minimum Gasteiger partial charge on any atom is -0.464 e. The molecule has 0 amide bonds. The smallest absolute Gasteiger partial charge is 0.453 e. The molecule has 2 aromatic rings. The average molecular weight is 292 g/mol. The standard InChI is InChI=1S/C13H12N2O6/c1-20-12(16)11-7-14-6-10(15-11)8-2-4-9(5-3-8)21-13(17,18)19/h2-7,17-19H,1H3. The number of carbonyl (C=O) groups excluding carboxylic acids is 1. The van der Waals surface area contributed by atoms with Gasteiger partial charge in [-0.2, -0.15) is 0 Å². The molecule has 21 heavy (non-hydrogen) atoms. The van der Waals surface area contributed by atoms with Crippen LogP contribution in [0, 0.1) is 0 Å². The predicted octanol–water partition coefficient (Wildman–Crippen LogP) is -0.103. The summed E-state index contributed by atoms with van der Waals surface area (Å²) in [6, 6.07) is 5.87. The Labute approximate surface area is 119 Å². The number of methoxy groups -OCH3 is 1. The number of nitrogens with zero attached hydrogens (tertiary/aromatic N) is 2. The molecule has 0 spiro atoms. The van der Waals surface area contributed by atoms with Crippen molar-refractivity contribution in [1.29, 1.82) is 0 Å². The second kappa shape index (κ2) is 5.83. The summed E-state index contributed by atoms with van der Waals surface area (Å²) in [5.41, 5.74) is 1.10. The Morgan fingerprint density at radius 2 is 1.81 bits per heavy atom. The maximum atomic E-state index is 11.4. The zero-order valence-electron chi connectivity index (χ0n) is 10.9. The Bertz CT molecular complexity index is 636. The summed E-state index contributed by atoms with van der Waals surface area (Å²) in [7, 11) is 1.24. The first-order chi connectivity index (χ1) is 9.89. The third-order valence-corrected chi connectivity index (χ3v) is 2.43. The van der Waals surface area contributed by atoms with Gasteiger partial charge in [0.15, 0.2) is 5.69 Å². The molecule has 3 N–H and O–H groups in total. The SMILES string of the molecule is COC(=O)c1cncc(-c2ccc(OC(O)(O)O)cc2)n1. The maximum absolute atomic E-state index is 11.4. The highest BCUT2D eigenvalue weighted by atomic mass is 16.9. The van der Waals surface area contributed by atoms with E-state index in [2.05, 4.69) is 19.4 Å². The first-order valence-electron chi connectivity index (χ1n) is 5.76. The molecule has 8 nitrogen and oxygen atoms in total. The number of rotatable bonds is 4. The van der Waals surface area contributed by atoms with Crippen LogP contribution in [-0.4, -0.2) is 44.5 Å². The molecule has 1 aromatic heterocycles. The van der Waals surface area contributed by atoms with Crippen LogP contribution in [0.15, 0.2) is 36.7 Å². The molecule has 0 bridgehead atoms. The zero-order valence-corrected chi connectivity index (χ0v) is 10.9. The van der Waals surface area contributed by atoms with Crippen molar-refractivity contribution in [2.45, 2.75) is 6.16 Å². The molecular formula is C13H12N2O6. The summed E-state index contributed by atoms with van der Waals surface area (Å²) < 4.78 is 8.98. The van der Waals surface area contributed by atoms with Crippen LogP contribution in [-0.2, 0) is 4.74 Å². The normalized spacial score (nSPS) is 11.0. The molecule has 0 aliphatic carbocycles. The molecule has 0 saturated carbocycles. The predicted molar refractivity (Wildman–Crippen MR) is 68.8 cm³/mol. The number of benzene rings is 1. The van der Waals surface area contributed by atoms with E-state index in [0.29, 0.717) is 11.3 Å². The third-order valence-electron chi connectivity index (χ3n) is 2.43. The van der Waals surface area contributed by atoms with E-state index in [9.17, 15) is 4.79 Å². The molecule has 0 aliphatic heterocycles. The second-order valence-corrected chi connectivity index (χ2v) is 3.98. The Morgan fingerprint density at radius 1 is 1.14 bits per heavy atom. The number of aliphatic hydroxyl groups is 3. The van der Waals surface area contributed by atoms with E-state index in [0.717, 1.165) is 0 Å². The molecule has 2 rings (SSSR count). The van der Waals surface area contributed by atoms with Crippen molar-refractivity contribution < 1.29 is 29.6 Å². The van der Waals surface area contributed by atoms with Crippen LogP contribution in [0.3, 0.4) is 0 Å². The summed E-state index contributed by atoms with van der Waals surface area (Å²) in [5, 5.41) is 26.1. The Hall–Kier alpha value is -2.55. The topological polar surface area (TPSA) is 122 Å². The van der Waals surface area contributed by atoms with Crippen LogP contribution in [0.25, 0.3) is 11.3 Å². The summed E-state index contributed by atoms with van der Waals surface area (Å²) in [6.45, 7) is 0. The van der Waals surface area contributed by atoms with Crippen LogP contribution in [0.2, 0.25) is 0 Å². The lowest BCUT2D eigenvalue weighted by molar-refractivity contribution is -0.419. The van der Waals surface area contributed by atoms with Crippen LogP contribution in [0.5, 0.6) is 5.75 Å². The van der Waals surface area contributed by atoms with Gasteiger partial charge in [0, 0.05) is 5.56 Å². The third kappa shape index (κ3) is 3.96. The fourth-order valence-corrected chi connectivity index (χ4v) is 1.56. The Morgan fingerprint density at radius 3 is 2.38 bits per heavy atom. The Balaban J connectivity index is 2.25. The van der Waals surface area contributed by atoms with E-state index < -0.39 is 12.1 Å². The van der Waals surface area contributed by atoms with Crippen molar-refractivity contribution >= 4 is 5.97 Å². The largest absolute Gasteiger partial charge is 0.464 e. The van der Waals surface area contributed by atoms with Gasteiger partial charge in [-0.05, 0) is 24.3 Å². The molecule has 1 heterocycles. The van der Waals surface area contributed by atoms with E-state index in [1.807, 2.05) is 0 Å². The number of esters is 1. The van der Waals surface area contributed by atoms with Crippen molar-refractivity contribution in [3.8, 4) is 17.0 Å². The highest BCUT2D eigenvalue weighted by Gasteiger charge is 2.20. The number of hydrogen-bond acceptors (Lipinski definition) is 8. The average Bonchev–Trinajstić information content (AvgIpc) is 2.45. The summed E-state index contributed by atoms with van der Waals surface area (Å²) in [6.07, 6.45) is -0.507. The molecule has 110 valence electrons. The molecule has 8 heteroatoms. The fraction of sp³-hybridized carbons (Fsp3) is 0.154. The van der Waals surface area contributed by atoms with Crippen LogP contribution >= 0.6 is 0 Å². The van der Waals surface area contributed by atoms with Gasteiger partial charge in [0.1, 0.15) is 5.75 Å². The second-order valence-electron chi connectivity index (χ2n) is 3.98. The van der Waals surface area contributed by atoms with E-state index in [1.165, 1.54) is 31.6 Å². The van der Waals surface area contributed by atoms with Gasteiger partial charge in [-0.3, -0.25) is 4.98 Å². The summed E-state index contributed by atoms with van der Waals surface area (Å²) in [5.74, 6) is -0.571. The van der Waals surface area contributed by atoms with Crippen molar-refractivity contribution in [2.24, 2.45) is 0 Å². The van der Waals surface area contributed by atoms with Gasteiger partial charge in [-0.1, -0.05) is 0 Å². The highest BCUT2D eigenvalue weighted by molar-refractivity contribution is 5.87. The van der Waals surface area contributed by atoms with Crippen LogP contribution < -0.4 is 4.74 Å². The van der Waals surface area contributed by atoms with Gasteiger partial charge < -0.3 is 24.8 Å². The molecule has 0 unspecified atom stereocenters. The van der Waals surface area contributed by atoms with Crippen molar-refractivity contribution in [2.75, 3.05) is 7.11 Å². The van der Waals surface area contributed by atoms with E-state index in [4.69, 9.17) is 15.3 Å². The quantitative estimate of drug-likeness (QED) is 0.527. The van der Waals surface area contributed by atoms with Crippen LogP contribution in [0.4, 0.5) is 0 Å². The van der Waals surface area contributed by atoms with Gasteiger partial charge in [-0.25, -0.2) is 9.78 Å². The molecule has 0 atom stereocenters. The lowest BCUT2D eigenvalue weighted by atomic mass is 10.1.